The van der Waals surface area contributed by atoms with Crippen LogP contribution >= 0.6 is 0 Å². The van der Waals surface area contributed by atoms with Gasteiger partial charge in [0, 0.05) is 6.42 Å². The maximum absolute atomic E-state index is 13.5. The third-order valence-electron chi connectivity index (χ3n) is 7.23. The van der Waals surface area contributed by atoms with Crippen molar-refractivity contribution in [2.24, 2.45) is 11.8 Å². The fraction of sp³-hybridized carbons (Fsp3) is 0.258. The highest BCUT2D eigenvalue weighted by Crippen LogP contribution is 2.41. The molecule has 2 atom stereocenters. The first-order valence-electron chi connectivity index (χ1n) is 12.2. The van der Waals surface area contributed by atoms with E-state index < -0.39 is 15.8 Å². The van der Waals surface area contributed by atoms with Crippen LogP contribution < -0.4 is 0 Å². The summed E-state index contributed by atoms with van der Waals surface area (Å²) in [5.41, 5.74) is 6.23. The predicted octanol–water partition coefficient (Wildman–Crippen LogP) is 6.90. The molecular weight excluding hydrogens is 468 g/mol. The summed E-state index contributed by atoms with van der Waals surface area (Å²) in [5, 5.41) is 9.61. The molecule has 0 saturated heterocycles. The van der Waals surface area contributed by atoms with E-state index in [-0.39, 0.29) is 23.2 Å². The molecule has 0 aliphatic heterocycles. The highest BCUT2D eigenvalue weighted by atomic mass is 32.2. The van der Waals surface area contributed by atoms with Crippen molar-refractivity contribution in [2.75, 3.05) is 0 Å². The zero-order valence-corrected chi connectivity index (χ0v) is 21.8. The van der Waals surface area contributed by atoms with Crippen LogP contribution in [0.15, 0.2) is 106 Å². The van der Waals surface area contributed by atoms with E-state index in [1.165, 1.54) is 0 Å². The molecule has 5 heteroatoms. The van der Waals surface area contributed by atoms with Gasteiger partial charge in [-0.15, -0.1) is 0 Å². The monoisotopic (exact) mass is 500 g/mol. The summed E-state index contributed by atoms with van der Waals surface area (Å²) in [6.45, 7) is 6.22. The smallest absolute Gasteiger partial charge is 0.303 e. The van der Waals surface area contributed by atoms with E-state index >= 15 is 0 Å². The van der Waals surface area contributed by atoms with Crippen LogP contribution in [-0.2, 0) is 21.1 Å². The Hall–Kier alpha value is -3.44. The Labute approximate surface area is 213 Å². The predicted molar refractivity (Wildman–Crippen MR) is 143 cm³/mol. The summed E-state index contributed by atoms with van der Waals surface area (Å²) in [7, 11) is -3.68. The number of benzene rings is 3. The van der Waals surface area contributed by atoms with Crippen molar-refractivity contribution in [1.29, 1.82) is 0 Å². The number of aliphatic carboxylic acids is 1. The van der Waals surface area contributed by atoms with Gasteiger partial charge in [0.25, 0.3) is 0 Å². The Balaban J connectivity index is 1.82. The summed E-state index contributed by atoms with van der Waals surface area (Å²) < 4.78 is 27.0. The SMILES string of the molecule is CC1=C(Cc2ccccc2S(=O)(=O)c2ccccc2)C=C(c2ccccc2C)C(C)C(CC(=O)O)C1. The second kappa shape index (κ2) is 10.7. The summed E-state index contributed by atoms with van der Waals surface area (Å²) in [6.07, 6.45) is 3.38. The third kappa shape index (κ3) is 5.36. The second-order valence-corrected chi connectivity index (χ2v) is 11.6. The molecule has 1 aliphatic rings. The van der Waals surface area contributed by atoms with Gasteiger partial charge in [0.15, 0.2) is 0 Å². The first-order valence-corrected chi connectivity index (χ1v) is 13.7. The normalized spacial score (nSPS) is 18.5. The molecule has 0 fully saturated rings. The fourth-order valence-corrected chi connectivity index (χ4v) is 6.65. The zero-order chi connectivity index (χ0) is 25.9. The summed E-state index contributed by atoms with van der Waals surface area (Å²) in [5.74, 6) is -0.807. The molecule has 0 radical (unpaired) electrons. The van der Waals surface area contributed by atoms with Gasteiger partial charge in [-0.05, 0) is 84.6 Å². The summed E-state index contributed by atoms with van der Waals surface area (Å²) in [6, 6.07) is 23.8. The molecule has 2 unspecified atom stereocenters. The van der Waals surface area contributed by atoms with Crippen LogP contribution in [0.1, 0.15) is 43.4 Å². The molecule has 4 rings (SSSR count). The minimum absolute atomic E-state index is 0.0398. The molecule has 0 saturated carbocycles. The van der Waals surface area contributed by atoms with Crippen LogP contribution in [-0.4, -0.2) is 19.5 Å². The molecule has 0 spiro atoms. The maximum atomic E-state index is 13.5. The van der Waals surface area contributed by atoms with Crippen LogP contribution in [0.3, 0.4) is 0 Å². The van der Waals surface area contributed by atoms with Crippen molar-refractivity contribution >= 4 is 21.4 Å². The fourth-order valence-electron chi connectivity index (χ4n) is 5.14. The van der Waals surface area contributed by atoms with Gasteiger partial charge in [-0.25, -0.2) is 8.42 Å². The summed E-state index contributed by atoms with van der Waals surface area (Å²) >= 11 is 0. The van der Waals surface area contributed by atoms with E-state index in [1.807, 2.05) is 31.2 Å². The van der Waals surface area contributed by atoms with Gasteiger partial charge in [0.1, 0.15) is 0 Å². The highest BCUT2D eigenvalue weighted by Gasteiger charge is 2.29. The van der Waals surface area contributed by atoms with Crippen molar-refractivity contribution in [3.05, 3.63) is 113 Å². The van der Waals surface area contributed by atoms with E-state index in [2.05, 4.69) is 32.1 Å². The lowest BCUT2D eigenvalue weighted by molar-refractivity contribution is -0.138. The molecule has 36 heavy (non-hydrogen) atoms. The number of hydrogen-bond donors (Lipinski definition) is 1. The first kappa shape index (κ1) is 25.6. The van der Waals surface area contributed by atoms with Gasteiger partial charge in [-0.2, -0.15) is 0 Å². The average molecular weight is 501 g/mol. The third-order valence-corrected chi connectivity index (χ3v) is 9.10. The number of carboxylic acids is 1. The molecule has 3 aromatic rings. The number of carbonyl (C=O) groups is 1. The van der Waals surface area contributed by atoms with Crippen LogP contribution in [0.5, 0.6) is 0 Å². The Morgan fingerprint density at radius 2 is 1.56 bits per heavy atom. The lowest BCUT2D eigenvalue weighted by atomic mass is 9.79. The largest absolute Gasteiger partial charge is 0.481 e. The number of carboxylic acid groups (broad SMARTS) is 1. The molecule has 0 amide bonds. The Morgan fingerprint density at radius 3 is 2.25 bits per heavy atom. The highest BCUT2D eigenvalue weighted by molar-refractivity contribution is 7.91. The van der Waals surface area contributed by atoms with Crippen molar-refractivity contribution in [3.8, 4) is 0 Å². The average Bonchev–Trinajstić information content (AvgIpc) is 2.96. The quantitative estimate of drug-likeness (QED) is 0.383. The van der Waals surface area contributed by atoms with Crippen LogP contribution in [0.25, 0.3) is 5.57 Å². The summed E-state index contributed by atoms with van der Waals surface area (Å²) in [4.78, 5) is 12.3. The Kier molecular flexibility index (Phi) is 7.60. The molecule has 3 aromatic carbocycles. The topological polar surface area (TPSA) is 71.4 Å². The lowest BCUT2D eigenvalue weighted by Gasteiger charge is -2.25. The molecule has 4 nitrogen and oxygen atoms in total. The van der Waals surface area contributed by atoms with E-state index in [1.54, 1.807) is 42.5 Å². The van der Waals surface area contributed by atoms with Gasteiger partial charge in [0.2, 0.25) is 9.84 Å². The first-order chi connectivity index (χ1) is 17.2. The van der Waals surface area contributed by atoms with Gasteiger partial charge >= 0.3 is 5.97 Å². The molecule has 0 heterocycles. The second-order valence-electron chi connectivity index (χ2n) is 9.67. The van der Waals surface area contributed by atoms with Gasteiger partial charge in [-0.3, -0.25) is 4.79 Å². The van der Waals surface area contributed by atoms with Crippen LogP contribution in [0.2, 0.25) is 0 Å². The van der Waals surface area contributed by atoms with E-state index in [0.29, 0.717) is 17.7 Å². The molecular formula is C31H32O4S. The Bertz CT molecular complexity index is 1430. The number of sulfone groups is 1. The standard InChI is InChI=1S/C31H32O4S/c1-21-11-7-9-15-28(21)29-19-25(22(2)17-26(23(29)3)20-31(32)33)18-24-12-8-10-16-30(24)36(34,35)27-13-5-4-6-14-27/h4-16,19,23,26H,17-18,20H2,1-3H3,(H,32,33). The molecule has 186 valence electrons. The van der Waals surface area contributed by atoms with E-state index in [4.69, 9.17) is 0 Å². The van der Waals surface area contributed by atoms with Crippen LogP contribution in [0, 0.1) is 18.8 Å². The van der Waals surface area contributed by atoms with Gasteiger partial charge in [-0.1, -0.05) is 79.2 Å². The number of allylic oxidation sites excluding steroid dienone is 4. The molecule has 1 N–H and O–H groups in total. The maximum Gasteiger partial charge on any atom is 0.303 e. The minimum Gasteiger partial charge on any atom is -0.481 e. The minimum atomic E-state index is -3.68. The molecule has 1 aliphatic carbocycles. The van der Waals surface area contributed by atoms with E-state index in [0.717, 1.165) is 33.4 Å². The van der Waals surface area contributed by atoms with Crippen LogP contribution in [0.4, 0.5) is 0 Å². The van der Waals surface area contributed by atoms with Gasteiger partial charge < -0.3 is 5.11 Å². The van der Waals surface area contributed by atoms with Crippen molar-refractivity contribution in [3.63, 3.8) is 0 Å². The number of aryl methyl sites for hydroxylation is 1. The molecule has 0 bridgehead atoms. The van der Waals surface area contributed by atoms with Gasteiger partial charge in [0.05, 0.1) is 9.79 Å². The van der Waals surface area contributed by atoms with E-state index in [9.17, 15) is 18.3 Å². The van der Waals surface area contributed by atoms with Crippen molar-refractivity contribution in [1.82, 2.24) is 0 Å². The molecule has 0 aromatic heterocycles. The lowest BCUT2D eigenvalue weighted by Crippen LogP contribution is -2.17. The number of hydrogen-bond acceptors (Lipinski definition) is 3. The Morgan fingerprint density at radius 1 is 0.917 bits per heavy atom. The van der Waals surface area contributed by atoms with Crippen molar-refractivity contribution in [2.45, 2.75) is 49.8 Å². The number of rotatable bonds is 7. The zero-order valence-electron chi connectivity index (χ0n) is 20.9. The van der Waals surface area contributed by atoms with Crippen molar-refractivity contribution < 1.29 is 18.3 Å².